The van der Waals surface area contributed by atoms with Crippen LogP contribution in [0.25, 0.3) is 0 Å². The minimum Gasteiger partial charge on any atom is -0.390 e. The molecule has 0 aromatic carbocycles. The summed E-state index contributed by atoms with van der Waals surface area (Å²) in [6.07, 6.45) is 3.80. The van der Waals surface area contributed by atoms with Crippen molar-refractivity contribution in [2.75, 3.05) is 6.61 Å². The maximum Gasteiger partial charge on any atom is 0.0796 e. The highest BCUT2D eigenvalue weighted by Crippen LogP contribution is 2.35. The van der Waals surface area contributed by atoms with Crippen LogP contribution >= 0.6 is 0 Å². The summed E-state index contributed by atoms with van der Waals surface area (Å²) < 4.78 is 6.00. The van der Waals surface area contributed by atoms with Crippen molar-refractivity contribution in [2.45, 2.75) is 66.1 Å². The van der Waals surface area contributed by atoms with Gasteiger partial charge in [0.15, 0.2) is 0 Å². The Kier molecular flexibility index (Phi) is 5.94. The van der Waals surface area contributed by atoms with E-state index in [1.54, 1.807) is 0 Å². The predicted molar refractivity (Wildman–Crippen MR) is 71.9 cm³/mol. The minimum atomic E-state index is -0.319. The largest absolute Gasteiger partial charge is 0.390 e. The molecular weight excluding hydrogens is 212 g/mol. The first-order valence-corrected chi connectivity index (χ1v) is 7.21. The fraction of sp³-hybridized carbons (Fsp3) is 1.00. The average molecular weight is 242 g/mol. The maximum atomic E-state index is 9.82. The lowest BCUT2D eigenvalue weighted by atomic mass is 9.75. The highest BCUT2D eigenvalue weighted by atomic mass is 16.5. The number of rotatable bonds is 5. The molecule has 1 rings (SSSR count). The summed E-state index contributed by atoms with van der Waals surface area (Å²) in [4.78, 5) is 0. The lowest BCUT2D eigenvalue weighted by Gasteiger charge is -2.37. The van der Waals surface area contributed by atoms with E-state index < -0.39 is 0 Å². The molecule has 0 aromatic heterocycles. The summed E-state index contributed by atoms with van der Waals surface area (Å²) in [5, 5.41) is 9.82. The molecule has 0 amide bonds. The normalized spacial score (nSPS) is 32.1. The van der Waals surface area contributed by atoms with Crippen molar-refractivity contribution in [2.24, 2.45) is 23.7 Å². The summed E-state index contributed by atoms with van der Waals surface area (Å²) in [6, 6.07) is 0. The standard InChI is InChI=1S/C15H30O2/c1-10(2)13-7-6-12(5)8-15(13)17-9-14(16)11(3)4/h10-16H,6-9H2,1-5H3. The molecule has 2 nitrogen and oxygen atoms in total. The van der Waals surface area contributed by atoms with Gasteiger partial charge in [-0.25, -0.2) is 0 Å². The van der Waals surface area contributed by atoms with E-state index in [0.29, 0.717) is 24.5 Å². The molecule has 0 radical (unpaired) electrons. The van der Waals surface area contributed by atoms with Crippen molar-refractivity contribution >= 4 is 0 Å². The van der Waals surface area contributed by atoms with Crippen molar-refractivity contribution in [3.8, 4) is 0 Å². The van der Waals surface area contributed by atoms with Gasteiger partial charge in [0.1, 0.15) is 0 Å². The van der Waals surface area contributed by atoms with Gasteiger partial charge in [-0.05, 0) is 36.5 Å². The van der Waals surface area contributed by atoms with Gasteiger partial charge in [0.25, 0.3) is 0 Å². The van der Waals surface area contributed by atoms with Gasteiger partial charge in [-0.2, -0.15) is 0 Å². The van der Waals surface area contributed by atoms with Gasteiger partial charge >= 0.3 is 0 Å². The Morgan fingerprint density at radius 2 is 1.82 bits per heavy atom. The molecule has 0 heterocycles. The van der Waals surface area contributed by atoms with Gasteiger partial charge in [0.05, 0.1) is 18.8 Å². The van der Waals surface area contributed by atoms with Gasteiger partial charge in [-0.15, -0.1) is 0 Å². The average Bonchev–Trinajstić information content (AvgIpc) is 2.25. The van der Waals surface area contributed by atoms with E-state index in [2.05, 4.69) is 20.8 Å². The fourth-order valence-electron chi connectivity index (χ4n) is 2.72. The summed E-state index contributed by atoms with van der Waals surface area (Å²) in [5.74, 6) is 2.41. The molecule has 4 unspecified atom stereocenters. The molecule has 2 heteroatoms. The van der Waals surface area contributed by atoms with Crippen LogP contribution in [-0.4, -0.2) is 23.9 Å². The van der Waals surface area contributed by atoms with Crippen LogP contribution in [0, 0.1) is 23.7 Å². The molecule has 0 aliphatic heterocycles. The second-order valence-corrected chi connectivity index (χ2v) is 6.51. The van der Waals surface area contributed by atoms with Gasteiger partial charge in [0.2, 0.25) is 0 Å². The molecule has 0 aromatic rings. The highest BCUT2D eigenvalue weighted by Gasteiger charge is 2.31. The number of hydrogen-bond donors (Lipinski definition) is 1. The van der Waals surface area contributed by atoms with Crippen molar-refractivity contribution in [1.29, 1.82) is 0 Å². The van der Waals surface area contributed by atoms with Gasteiger partial charge in [0, 0.05) is 0 Å². The van der Waals surface area contributed by atoms with E-state index in [-0.39, 0.29) is 12.0 Å². The zero-order chi connectivity index (χ0) is 13.0. The smallest absolute Gasteiger partial charge is 0.0796 e. The van der Waals surface area contributed by atoms with Crippen LogP contribution in [0.4, 0.5) is 0 Å². The van der Waals surface area contributed by atoms with E-state index in [1.165, 1.54) is 12.8 Å². The van der Waals surface area contributed by atoms with Crippen LogP contribution in [0.5, 0.6) is 0 Å². The first-order chi connectivity index (χ1) is 7.91. The molecule has 4 atom stereocenters. The second kappa shape index (κ2) is 6.75. The molecule has 1 aliphatic carbocycles. The summed E-state index contributed by atoms with van der Waals surface area (Å²) in [5.41, 5.74) is 0. The monoisotopic (exact) mass is 242 g/mol. The molecular formula is C15H30O2. The van der Waals surface area contributed by atoms with E-state index in [9.17, 15) is 5.11 Å². The first-order valence-electron chi connectivity index (χ1n) is 7.21. The van der Waals surface area contributed by atoms with Gasteiger partial charge < -0.3 is 9.84 Å². The van der Waals surface area contributed by atoms with E-state index in [0.717, 1.165) is 12.3 Å². The van der Waals surface area contributed by atoms with Crippen molar-refractivity contribution < 1.29 is 9.84 Å². The summed E-state index contributed by atoms with van der Waals surface area (Å²) in [6.45, 7) is 11.5. The Labute approximate surface area is 107 Å². The van der Waals surface area contributed by atoms with Crippen molar-refractivity contribution in [3.63, 3.8) is 0 Å². The molecule has 0 saturated heterocycles. The van der Waals surface area contributed by atoms with E-state index in [1.807, 2.05) is 13.8 Å². The topological polar surface area (TPSA) is 29.5 Å². The van der Waals surface area contributed by atoms with Crippen molar-refractivity contribution in [3.05, 3.63) is 0 Å². The van der Waals surface area contributed by atoms with Crippen LogP contribution < -0.4 is 0 Å². The summed E-state index contributed by atoms with van der Waals surface area (Å²) in [7, 11) is 0. The number of aliphatic hydroxyl groups is 1. The Hall–Kier alpha value is -0.0800. The van der Waals surface area contributed by atoms with Crippen LogP contribution in [0.2, 0.25) is 0 Å². The third-order valence-corrected chi connectivity index (χ3v) is 4.21. The maximum absolute atomic E-state index is 9.82. The molecule has 102 valence electrons. The molecule has 1 aliphatic rings. The van der Waals surface area contributed by atoms with E-state index in [4.69, 9.17) is 4.74 Å². The SMILES string of the molecule is CC1CCC(C(C)C)C(OCC(O)C(C)C)C1. The molecule has 1 saturated carbocycles. The lowest BCUT2D eigenvalue weighted by molar-refractivity contribution is -0.0773. The first kappa shape index (κ1) is 15.0. The Bertz CT molecular complexity index is 213. The third kappa shape index (κ3) is 4.59. The molecule has 0 bridgehead atoms. The lowest BCUT2D eigenvalue weighted by Crippen LogP contribution is -2.36. The van der Waals surface area contributed by atoms with Crippen LogP contribution in [-0.2, 0) is 4.74 Å². The molecule has 0 spiro atoms. The van der Waals surface area contributed by atoms with Crippen molar-refractivity contribution in [1.82, 2.24) is 0 Å². The number of ether oxygens (including phenoxy) is 1. The number of hydrogen-bond acceptors (Lipinski definition) is 2. The Morgan fingerprint density at radius 1 is 1.18 bits per heavy atom. The molecule has 17 heavy (non-hydrogen) atoms. The van der Waals surface area contributed by atoms with Crippen LogP contribution in [0.1, 0.15) is 53.9 Å². The Balaban J connectivity index is 2.46. The quantitative estimate of drug-likeness (QED) is 0.800. The second-order valence-electron chi connectivity index (χ2n) is 6.51. The summed E-state index contributed by atoms with van der Waals surface area (Å²) >= 11 is 0. The van der Waals surface area contributed by atoms with Crippen LogP contribution in [0.3, 0.4) is 0 Å². The minimum absolute atomic E-state index is 0.286. The molecule has 1 N–H and O–H groups in total. The zero-order valence-corrected chi connectivity index (χ0v) is 12.1. The zero-order valence-electron chi connectivity index (χ0n) is 12.1. The third-order valence-electron chi connectivity index (χ3n) is 4.21. The Morgan fingerprint density at radius 3 is 2.35 bits per heavy atom. The van der Waals surface area contributed by atoms with Gasteiger partial charge in [-0.3, -0.25) is 0 Å². The predicted octanol–water partition coefficient (Wildman–Crippen LogP) is 3.48. The van der Waals surface area contributed by atoms with E-state index >= 15 is 0 Å². The number of aliphatic hydroxyl groups excluding tert-OH is 1. The van der Waals surface area contributed by atoms with Crippen LogP contribution in [0.15, 0.2) is 0 Å². The van der Waals surface area contributed by atoms with Gasteiger partial charge in [-0.1, -0.05) is 41.0 Å². The highest BCUT2D eigenvalue weighted by molar-refractivity contribution is 4.81. The fourth-order valence-corrected chi connectivity index (χ4v) is 2.72. The molecule has 1 fully saturated rings.